The fourth-order valence-electron chi connectivity index (χ4n) is 2.34. The van der Waals surface area contributed by atoms with Crippen molar-refractivity contribution < 1.29 is 4.74 Å². The molecule has 1 aliphatic rings. The van der Waals surface area contributed by atoms with E-state index >= 15 is 0 Å². The third-order valence-corrected chi connectivity index (χ3v) is 3.39. The molecule has 0 aromatic heterocycles. The Balaban J connectivity index is 2.22. The second-order valence-electron chi connectivity index (χ2n) is 4.95. The van der Waals surface area contributed by atoms with Gasteiger partial charge in [0.25, 0.3) is 0 Å². The Bertz CT molecular complexity index is 329. The van der Waals surface area contributed by atoms with Crippen LogP contribution in [-0.2, 0) is 0 Å². The number of nitrogens with one attached hydrogen (secondary N) is 1. The molecule has 1 heterocycles. The maximum Gasteiger partial charge on any atom is 0.118 e. The molecule has 0 bridgehead atoms. The van der Waals surface area contributed by atoms with Gasteiger partial charge in [-0.1, -0.05) is 26.0 Å². The van der Waals surface area contributed by atoms with Crippen LogP contribution in [-0.4, -0.2) is 20.2 Å². The fourth-order valence-corrected chi connectivity index (χ4v) is 2.34. The highest BCUT2D eigenvalue weighted by molar-refractivity contribution is 5.31. The molecule has 1 aromatic carbocycles. The van der Waals surface area contributed by atoms with Crippen LogP contribution in [0.1, 0.15) is 25.3 Å². The van der Waals surface area contributed by atoms with Gasteiger partial charge in [-0.2, -0.15) is 0 Å². The van der Waals surface area contributed by atoms with Crippen molar-refractivity contribution in [3.63, 3.8) is 0 Å². The zero-order valence-electron chi connectivity index (χ0n) is 9.71. The SMILES string of the molecule is COc1ccc([C@H]2CNCC2(C)C)cc1. The van der Waals surface area contributed by atoms with Gasteiger partial charge in [0.15, 0.2) is 0 Å². The summed E-state index contributed by atoms with van der Waals surface area (Å²) in [6.07, 6.45) is 0. The lowest BCUT2D eigenvalue weighted by Crippen LogP contribution is -2.20. The summed E-state index contributed by atoms with van der Waals surface area (Å²) in [6.45, 7) is 6.83. The summed E-state index contributed by atoms with van der Waals surface area (Å²) in [6, 6.07) is 8.45. The first-order chi connectivity index (χ1) is 7.13. The predicted octanol–water partition coefficient (Wildman–Crippen LogP) is 2.41. The molecule has 0 radical (unpaired) electrons. The molecule has 1 fully saturated rings. The predicted molar refractivity (Wildman–Crippen MR) is 62.4 cm³/mol. The van der Waals surface area contributed by atoms with Crippen molar-refractivity contribution in [2.75, 3.05) is 20.2 Å². The second-order valence-corrected chi connectivity index (χ2v) is 4.95. The third kappa shape index (κ3) is 2.00. The van der Waals surface area contributed by atoms with E-state index in [0.717, 1.165) is 18.8 Å². The van der Waals surface area contributed by atoms with Gasteiger partial charge in [-0.25, -0.2) is 0 Å². The van der Waals surface area contributed by atoms with Crippen LogP contribution in [0.4, 0.5) is 0 Å². The van der Waals surface area contributed by atoms with Gasteiger partial charge in [0.2, 0.25) is 0 Å². The van der Waals surface area contributed by atoms with Gasteiger partial charge in [0, 0.05) is 19.0 Å². The molecule has 1 saturated heterocycles. The summed E-state index contributed by atoms with van der Waals surface area (Å²) in [4.78, 5) is 0. The number of hydrogen-bond acceptors (Lipinski definition) is 2. The maximum absolute atomic E-state index is 5.17. The fraction of sp³-hybridized carbons (Fsp3) is 0.538. The van der Waals surface area contributed by atoms with Crippen molar-refractivity contribution in [2.24, 2.45) is 5.41 Å². The minimum Gasteiger partial charge on any atom is -0.497 e. The van der Waals surface area contributed by atoms with Crippen LogP contribution in [0.3, 0.4) is 0 Å². The lowest BCUT2D eigenvalue weighted by molar-refractivity contribution is 0.362. The number of methoxy groups -OCH3 is 1. The van der Waals surface area contributed by atoms with E-state index in [1.165, 1.54) is 5.56 Å². The first-order valence-corrected chi connectivity index (χ1v) is 5.48. The van der Waals surface area contributed by atoms with Crippen molar-refractivity contribution in [1.29, 1.82) is 0 Å². The van der Waals surface area contributed by atoms with E-state index in [1.807, 2.05) is 12.1 Å². The van der Waals surface area contributed by atoms with E-state index < -0.39 is 0 Å². The molecule has 1 atom stereocenters. The molecule has 1 N–H and O–H groups in total. The highest BCUT2D eigenvalue weighted by atomic mass is 16.5. The molecule has 0 aliphatic carbocycles. The molecule has 1 aromatic rings. The average molecular weight is 205 g/mol. The molecule has 0 unspecified atom stereocenters. The molecule has 2 nitrogen and oxygen atoms in total. The van der Waals surface area contributed by atoms with Crippen LogP contribution in [0.15, 0.2) is 24.3 Å². The normalized spacial score (nSPS) is 24.1. The van der Waals surface area contributed by atoms with E-state index in [-0.39, 0.29) is 0 Å². The largest absolute Gasteiger partial charge is 0.497 e. The highest BCUT2D eigenvalue weighted by Gasteiger charge is 2.35. The van der Waals surface area contributed by atoms with E-state index in [1.54, 1.807) is 7.11 Å². The second kappa shape index (κ2) is 3.86. The van der Waals surface area contributed by atoms with E-state index in [4.69, 9.17) is 4.74 Å². The van der Waals surface area contributed by atoms with Crippen molar-refractivity contribution in [3.05, 3.63) is 29.8 Å². The molecular weight excluding hydrogens is 186 g/mol. The van der Waals surface area contributed by atoms with Crippen molar-refractivity contribution in [2.45, 2.75) is 19.8 Å². The lowest BCUT2D eigenvalue weighted by Gasteiger charge is -2.26. The smallest absolute Gasteiger partial charge is 0.118 e. The van der Waals surface area contributed by atoms with Crippen LogP contribution < -0.4 is 10.1 Å². The van der Waals surface area contributed by atoms with E-state index in [2.05, 4.69) is 31.3 Å². The summed E-state index contributed by atoms with van der Waals surface area (Å²) >= 11 is 0. The molecule has 0 spiro atoms. The maximum atomic E-state index is 5.17. The zero-order valence-corrected chi connectivity index (χ0v) is 9.71. The monoisotopic (exact) mass is 205 g/mol. The van der Waals surface area contributed by atoms with Crippen LogP contribution >= 0.6 is 0 Å². The minimum atomic E-state index is 0.356. The summed E-state index contributed by atoms with van der Waals surface area (Å²) in [7, 11) is 1.70. The molecule has 2 rings (SSSR count). The quantitative estimate of drug-likeness (QED) is 0.800. The molecule has 2 heteroatoms. The van der Waals surface area contributed by atoms with Gasteiger partial charge in [-0.3, -0.25) is 0 Å². The standard InChI is InChI=1S/C13H19NO/c1-13(2)9-14-8-12(13)10-4-6-11(15-3)7-5-10/h4-7,12,14H,8-9H2,1-3H3/t12-/m1/s1. The van der Waals surface area contributed by atoms with Crippen LogP contribution in [0, 0.1) is 5.41 Å². The van der Waals surface area contributed by atoms with Gasteiger partial charge >= 0.3 is 0 Å². The molecule has 1 aliphatic heterocycles. The highest BCUT2D eigenvalue weighted by Crippen LogP contribution is 2.38. The van der Waals surface area contributed by atoms with Gasteiger partial charge in [0.05, 0.1) is 7.11 Å². The summed E-state index contributed by atoms with van der Waals surface area (Å²) < 4.78 is 5.17. The Morgan fingerprint density at radius 2 is 1.93 bits per heavy atom. The van der Waals surface area contributed by atoms with E-state index in [9.17, 15) is 0 Å². The molecule has 15 heavy (non-hydrogen) atoms. The molecule has 0 amide bonds. The van der Waals surface area contributed by atoms with Crippen LogP contribution in [0.2, 0.25) is 0 Å². The van der Waals surface area contributed by atoms with Crippen molar-refractivity contribution >= 4 is 0 Å². The first kappa shape index (κ1) is 10.5. The number of hydrogen-bond donors (Lipinski definition) is 1. The average Bonchev–Trinajstić information content (AvgIpc) is 2.58. The van der Waals surface area contributed by atoms with Gasteiger partial charge in [-0.05, 0) is 23.1 Å². The molecule has 0 saturated carbocycles. The zero-order chi connectivity index (χ0) is 10.9. The first-order valence-electron chi connectivity index (χ1n) is 5.48. The van der Waals surface area contributed by atoms with Gasteiger partial charge in [0.1, 0.15) is 5.75 Å². The summed E-state index contributed by atoms with van der Waals surface area (Å²) in [5.41, 5.74) is 1.76. The van der Waals surface area contributed by atoms with Crippen LogP contribution in [0.25, 0.3) is 0 Å². The topological polar surface area (TPSA) is 21.3 Å². The summed E-state index contributed by atoms with van der Waals surface area (Å²) in [5.74, 6) is 1.55. The minimum absolute atomic E-state index is 0.356. The van der Waals surface area contributed by atoms with Gasteiger partial charge in [-0.15, -0.1) is 0 Å². The van der Waals surface area contributed by atoms with Crippen molar-refractivity contribution in [3.8, 4) is 5.75 Å². The number of rotatable bonds is 2. The summed E-state index contributed by atoms with van der Waals surface area (Å²) in [5, 5.41) is 3.46. The Morgan fingerprint density at radius 1 is 1.27 bits per heavy atom. The molecule has 82 valence electrons. The molecular formula is C13H19NO. The van der Waals surface area contributed by atoms with E-state index in [0.29, 0.717) is 11.3 Å². The Labute approximate surface area is 91.6 Å². The number of benzene rings is 1. The van der Waals surface area contributed by atoms with Gasteiger partial charge < -0.3 is 10.1 Å². The van der Waals surface area contributed by atoms with Crippen LogP contribution in [0.5, 0.6) is 5.75 Å². The van der Waals surface area contributed by atoms with Crippen molar-refractivity contribution in [1.82, 2.24) is 5.32 Å². The Morgan fingerprint density at radius 3 is 2.40 bits per heavy atom. The third-order valence-electron chi connectivity index (χ3n) is 3.39. The number of ether oxygens (including phenoxy) is 1. The lowest BCUT2D eigenvalue weighted by atomic mass is 9.78. The Kier molecular flexibility index (Phi) is 2.70. The Hall–Kier alpha value is -1.02.